The minimum absolute atomic E-state index is 0.129. The first-order chi connectivity index (χ1) is 11.8. The van der Waals surface area contributed by atoms with Gasteiger partial charge < -0.3 is 10.2 Å². The van der Waals surface area contributed by atoms with Crippen LogP contribution in [0.5, 0.6) is 0 Å². The van der Waals surface area contributed by atoms with E-state index in [1.165, 1.54) is 17.7 Å². The first kappa shape index (κ1) is 16.9. The maximum atomic E-state index is 12.7. The lowest BCUT2D eigenvalue weighted by Crippen LogP contribution is -2.30. The summed E-state index contributed by atoms with van der Waals surface area (Å²) in [6.07, 6.45) is 6.52. The molecule has 0 radical (unpaired) electrons. The Bertz CT molecular complexity index is 687. The lowest BCUT2D eigenvalue weighted by atomic mass is 10.2. The monoisotopic (exact) mass is 340 g/mol. The van der Waals surface area contributed by atoms with E-state index in [9.17, 15) is 4.79 Å². The van der Waals surface area contributed by atoms with Crippen LogP contribution in [0, 0.1) is 0 Å². The quantitative estimate of drug-likeness (QED) is 0.848. The first-order valence-electron chi connectivity index (χ1n) is 8.62. The molecule has 24 heavy (non-hydrogen) atoms. The van der Waals surface area contributed by atoms with Crippen molar-refractivity contribution in [2.75, 3.05) is 19.6 Å². The minimum atomic E-state index is 0.129. The van der Waals surface area contributed by atoms with Crippen molar-refractivity contribution in [3.63, 3.8) is 0 Å². The SMILES string of the molecule is CCN(C/C=C/c1ccccc1)C(=O)c1ccc(C2CCCN2)s1. The predicted octanol–water partition coefficient (Wildman–Crippen LogP) is 4.35. The molecule has 0 saturated carbocycles. The number of benzene rings is 1. The molecule has 0 spiro atoms. The molecule has 1 aliphatic rings. The van der Waals surface area contributed by atoms with E-state index >= 15 is 0 Å². The van der Waals surface area contributed by atoms with Gasteiger partial charge in [-0.2, -0.15) is 0 Å². The summed E-state index contributed by atoms with van der Waals surface area (Å²) in [5, 5.41) is 3.50. The van der Waals surface area contributed by atoms with Gasteiger partial charge in [0.2, 0.25) is 0 Å². The normalized spacial score (nSPS) is 17.5. The number of nitrogens with one attached hydrogen (secondary N) is 1. The number of carbonyl (C=O) groups is 1. The molecule has 0 bridgehead atoms. The summed E-state index contributed by atoms with van der Waals surface area (Å²) in [5.41, 5.74) is 1.16. The zero-order chi connectivity index (χ0) is 16.8. The van der Waals surface area contributed by atoms with Gasteiger partial charge in [0, 0.05) is 24.0 Å². The Hall–Kier alpha value is -1.91. The van der Waals surface area contributed by atoms with Crippen molar-refractivity contribution < 1.29 is 4.79 Å². The van der Waals surface area contributed by atoms with Gasteiger partial charge in [-0.05, 0) is 44.0 Å². The number of nitrogens with zero attached hydrogens (tertiary/aromatic N) is 1. The van der Waals surface area contributed by atoms with Crippen LogP contribution in [-0.4, -0.2) is 30.4 Å². The van der Waals surface area contributed by atoms with Crippen LogP contribution in [0.2, 0.25) is 0 Å². The zero-order valence-electron chi connectivity index (χ0n) is 14.1. The van der Waals surface area contributed by atoms with E-state index in [-0.39, 0.29) is 5.91 Å². The third-order valence-corrected chi connectivity index (χ3v) is 5.53. The number of amides is 1. The molecular weight excluding hydrogens is 316 g/mol. The summed E-state index contributed by atoms with van der Waals surface area (Å²) >= 11 is 1.63. The molecule has 1 aromatic heterocycles. The number of carbonyl (C=O) groups excluding carboxylic acids is 1. The summed E-state index contributed by atoms with van der Waals surface area (Å²) in [6.45, 7) is 4.46. The summed E-state index contributed by atoms with van der Waals surface area (Å²) in [6, 6.07) is 14.7. The van der Waals surface area contributed by atoms with Gasteiger partial charge in [0.05, 0.1) is 4.88 Å². The van der Waals surface area contributed by atoms with Crippen LogP contribution < -0.4 is 5.32 Å². The van der Waals surface area contributed by atoms with E-state index in [0.717, 1.165) is 17.0 Å². The zero-order valence-corrected chi connectivity index (χ0v) is 14.9. The lowest BCUT2D eigenvalue weighted by Gasteiger charge is -2.18. The summed E-state index contributed by atoms with van der Waals surface area (Å²) in [5.74, 6) is 0.129. The molecule has 1 atom stereocenters. The number of thiophene rings is 1. The molecule has 2 heterocycles. The Balaban J connectivity index is 1.62. The molecule has 3 rings (SSSR count). The highest BCUT2D eigenvalue weighted by molar-refractivity contribution is 7.14. The van der Waals surface area contributed by atoms with Crippen molar-refractivity contribution in [1.29, 1.82) is 0 Å². The Morgan fingerprint density at radius 3 is 2.83 bits per heavy atom. The Labute approximate surface area is 148 Å². The largest absolute Gasteiger partial charge is 0.334 e. The highest BCUT2D eigenvalue weighted by Gasteiger charge is 2.21. The Morgan fingerprint density at radius 2 is 2.12 bits per heavy atom. The maximum absolute atomic E-state index is 12.7. The van der Waals surface area contributed by atoms with Crippen LogP contribution in [0.25, 0.3) is 6.08 Å². The van der Waals surface area contributed by atoms with Crippen LogP contribution >= 0.6 is 11.3 Å². The predicted molar refractivity (Wildman–Crippen MR) is 101 cm³/mol. The lowest BCUT2D eigenvalue weighted by molar-refractivity contribution is 0.0787. The molecule has 3 nitrogen and oxygen atoms in total. The Morgan fingerprint density at radius 1 is 1.29 bits per heavy atom. The molecule has 1 unspecified atom stereocenters. The topological polar surface area (TPSA) is 32.3 Å². The van der Waals surface area contributed by atoms with Crippen molar-refractivity contribution in [3.8, 4) is 0 Å². The molecule has 1 saturated heterocycles. The fraction of sp³-hybridized carbons (Fsp3) is 0.350. The number of hydrogen-bond acceptors (Lipinski definition) is 3. The molecule has 1 N–H and O–H groups in total. The summed E-state index contributed by atoms with van der Waals surface area (Å²) in [4.78, 5) is 16.7. The van der Waals surface area contributed by atoms with Gasteiger partial charge in [0.1, 0.15) is 0 Å². The van der Waals surface area contributed by atoms with Gasteiger partial charge in [-0.15, -0.1) is 11.3 Å². The van der Waals surface area contributed by atoms with E-state index < -0.39 is 0 Å². The van der Waals surface area contributed by atoms with Gasteiger partial charge in [-0.1, -0.05) is 42.5 Å². The molecular formula is C20H24N2OS. The molecule has 1 aliphatic heterocycles. The standard InChI is InChI=1S/C20H24N2OS/c1-2-22(15-7-10-16-8-4-3-5-9-16)20(23)19-13-12-18(24-19)17-11-6-14-21-17/h3-5,7-10,12-13,17,21H,2,6,11,14-15H2,1H3/b10-7+. The third kappa shape index (κ3) is 4.13. The molecule has 1 fully saturated rings. The highest BCUT2D eigenvalue weighted by atomic mass is 32.1. The fourth-order valence-electron chi connectivity index (χ4n) is 2.97. The van der Waals surface area contributed by atoms with Crippen LogP contribution in [0.15, 0.2) is 48.5 Å². The third-order valence-electron chi connectivity index (χ3n) is 4.35. The highest BCUT2D eigenvalue weighted by Crippen LogP contribution is 2.29. The van der Waals surface area contributed by atoms with Crippen LogP contribution in [0.3, 0.4) is 0 Å². The number of hydrogen-bond donors (Lipinski definition) is 1. The van der Waals surface area contributed by atoms with E-state index in [2.05, 4.69) is 35.7 Å². The van der Waals surface area contributed by atoms with Crippen LogP contribution in [0.4, 0.5) is 0 Å². The average Bonchev–Trinajstić information content (AvgIpc) is 3.30. The second-order valence-electron chi connectivity index (χ2n) is 6.01. The van der Waals surface area contributed by atoms with E-state index in [1.54, 1.807) is 11.3 Å². The smallest absolute Gasteiger partial charge is 0.264 e. The van der Waals surface area contributed by atoms with Crippen LogP contribution in [0.1, 0.15) is 45.9 Å². The number of rotatable bonds is 6. The molecule has 1 amide bonds. The van der Waals surface area contributed by atoms with Gasteiger partial charge in [-0.25, -0.2) is 0 Å². The van der Waals surface area contributed by atoms with Gasteiger partial charge >= 0.3 is 0 Å². The van der Waals surface area contributed by atoms with Crippen molar-refractivity contribution in [3.05, 3.63) is 63.9 Å². The number of likely N-dealkylation sites (N-methyl/N-ethyl adjacent to an activating group) is 1. The van der Waals surface area contributed by atoms with Crippen LogP contribution in [-0.2, 0) is 0 Å². The van der Waals surface area contributed by atoms with Gasteiger partial charge in [-0.3, -0.25) is 4.79 Å². The molecule has 126 valence electrons. The van der Waals surface area contributed by atoms with Gasteiger partial charge in [0.15, 0.2) is 0 Å². The second kappa shape index (κ2) is 8.27. The van der Waals surface area contributed by atoms with Crippen molar-refractivity contribution in [2.24, 2.45) is 0 Å². The summed E-state index contributed by atoms with van der Waals surface area (Å²) < 4.78 is 0. The van der Waals surface area contributed by atoms with E-state index in [1.807, 2.05) is 36.1 Å². The molecule has 1 aromatic carbocycles. The summed E-state index contributed by atoms with van der Waals surface area (Å²) in [7, 11) is 0. The molecule has 2 aromatic rings. The second-order valence-corrected chi connectivity index (χ2v) is 7.12. The van der Waals surface area contributed by atoms with E-state index in [0.29, 0.717) is 19.1 Å². The molecule has 4 heteroatoms. The fourth-order valence-corrected chi connectivity index (χ4v) is 4.06. The Kier molecular flexibility index (Phi) is 5.83. The van der Waals surface area contributed by atoms with Crippen molar-refractivity contribution in [2.45, 2.75) is 25.8 Å². The first-order valence-corrected chi connectivity index (χ1v) is 9.43. The van der Waals surface area contributed by atoms with Crippen molar-refractivity contribution in [1.82, 2.24) is 10.2 Å². The maximum Gasteiger partial charge on any atom is 0.264 e. The molecule has 0 aliphatic carbocycles. The van der Waals surface area contributed by atoms with Gasteiger partial charge in [0.25, 0.3) is 5.91 Å². The van der Waals surface area contributed by atoms with E-state index in [4.69, 9.17) is 0 Å². The van der Waals surface area contributed by atoms with Crippen molar-refractivity contribution >= 4 is 23.3 Å². The average molecular weight is 340 g/mol. The minimum Gasteiger partial charge on any atom is -0.334 e.